The Hall–Kier alpha value is -3.64. The lowest BCUT2D eigenvalue weighted by Crippen LogP contribution is -2.50. The number of amides is 2. The molecule has 1 aliphatic heterocycles. The van der Waals surface area contributed by atoms with Crippen molar-refractivity contribution in [3.63, 3.8) is 0 Å². The van der Waals surface area contributed by atoms with E-state index in [2.05, 4.69) is 21.2 Å². The van der Waals surface area contributed by atoms with Gasteiger partial charge in [0.2, 0.25) is 11.8 Å². The summed E-state index contributed by atoms with van der Waals surface area (Å²) in [6.45, 7) is 1.58. The molecule has 3 aromatic rings. The van der Waals surface area contributed by atoms with Gasteiger partial charge in [0.05, 0.1) is 10.6 Å². The number of anilines is 1. The molecular weight excluding hydrogens is 593 g/mol. The molecule has 0 aliphatic carbocycles. The average molecular weight is 620 g/mol. The first-order valence-corrected chi connectivity index (χ1v) is 14.3. The standard InChI is InChI=1S/C27H27BrFN3O6S/c1-18(27(34)30-2)31(16-19-3-5-20(28)6-4-19)26(33)17-32(22-9-7-21(29)8-10-22)39(35,36)23-11-12-24-25(15-23)38-14-13-37-24/h3-12,15,18H,13-14,16-17H2,1-2H3,(H,30,34)/t18-/m1/s1. The molecule has 3 aromatic carbocycles. The van der Waals surface area contributed by atoms with Gasteiger partial charge in [0.15, 0.2) is 11.5 Å². The zero-order chi connectivity index (χ0) is 28.2. The van der Waals surface area contributed by atoms with Gasteiger partial charge in [0.25, 0.3) is 10.0 Å². The summed E-state index contributed by atoms with van der Waals surface area (Å²) in [6.07, 6.45) is 0. The lowest BCUT2D eigenvalue weighted by Gasteiger charge is -2.32. The van der Waals surface area contributed by atoms with E-state index in [-0.39, 0.29) is 29.5 Å². The summed E-state index contributed by atoms with van der Waals surface area (Å²) >= 11 is 3.37. The van der Waals surface area contributed by atoms with Gasteiger partial charge >= 0.3 is 0 Å². The molecule has 1 N–H and O–H groups in total. The van der Waals surface area contributed by atoms with Crippen molar-refractivity contribution in [2.75, 3.05) is 31.1 Å². The van der Waals surface area contributed by atoms with Crippen molar-refractivity contribution < 1.29 is 31.9 Å². The zero-order valence-electron chi connectivity index (χ0n) is 21.3. The maximum atomic E-state index is 13.9. The van der Waals surface area contributed by atoms with Crippen LogP contribution in [0.4, 0.5) is 10.1 Å². The van der Waals surface area contributed by atoms with Gasteiger partial charge in [0, 0.05) is 24.1 Å². The third-order valence-corrected chi connectivity index (χ3v) is 8.47. The number of fused-ring (bicyclic) bond motifs is 1. The summed E-state index contributed by atoms with van der Waals surface area (Å²) in [5.41, 5.74) is 0.821. The molecule has 0 spiro atoms. The molecule has 1 heterocycles. The van der Waals surface area contributed by atoms with E-state index in [1.165, 1.54) is 42.3 Å². The van der Waals surface area contributed by atoms with Gasteiger partial charge < -0.3 is 19.7 Å². The monoisotopic (exact) mass is 619 g/mol. The first-order valence-electron chi connectivity index (χ1n) is 12.0. The van der Waals surface area contributed by atoms with Crippen molar-refractivity contribution in [1.82, 2.24) is 10.2 Å². The van der Waals surface area contributed by atoms with Gasteiger partial charge in [-0.15, -0.1) is 0 Å². The van der Waals surface area contributed by atoms with Crippen LogP contribution in [-0.2, 0) is 26.2 Å². The maximum absolute atomic E-state index is 13.9. The minimum absolute atomic E-state index is 0.0576. The fourth-order valence-electron chi connectivity index (χ4n) is 4.03. The van der Waals surface area contributed by atoms with Crippen molar-refractivity contribution in [2.45, 2.75) is 24.4 Å². The topological polar surface area (TPSA) is 105 Å². The lowest BCUT2D eigenvalue weighted by atomic mass is 10.1. The molecule has 0 radical (unpaired) electrons. The predicted octanol–water partition coefficient (Wildman–Crippen LogP) is 3.72. The van der Waals surface area contributed by atoms with Crippen LogP contribution in [0, 0.1) is 5.82 Å². The Labute approximate surface area is 234 Å². The van der Waals surface area contributed by atoms with Crippen LogP contribution < -0.4 is 19.1 Å². The van der Waals surface area contributed by atoms with Crippen molar-refractivity contribution in [3.05, 3.63) is 82.6 Å². The SMILES string of the molecule is CNC(=O)[C@@H](C)N(Cc1ccc(Br)cc1)C(=O)CN(c1ccc(F)cc1)S(=O)(=O)c1ccc2c(c1)OCCO2. The van der Waals surface area contributed by atoms with E-state index in [4.69, 9.17) is 9.47 Å². The number of ether oxygens (including phenoxy) is 2. The number of sulfonamides is 1. The molecule has 0 saturated carbocycles. The second-order valence-corrected chi connectivity index (χ2v) is 11.5. The molecule has 4 rings (SSSR count). The summed E-state index contributed by atoms with van der Waals surface area (Å²) in [6, 6.07) is 15.2. The van der Waals surface area contributed by atoms with Gasteiger partial charge in [-0.2, -0.15) is 0 Å². The molecule has 0 fully saturated rings. The highest BCUT2D eigenvalue weighted by molar-refractivity contribution is 9.10. The third kappa shape index (κ3) is 6.51. The maximum Gasteiger partial charge on any atom is 0.264 e. The molecule has 206 valence electrons. The average Bonchev–Trinajstić information content (AvgIpc) is 2.94. The Morgan fingerprint density at radius 3 is 2.28 bits per heavy atom. The Morgan fingerprint density at radius 1 is 1.00 bits per heavy atom. The molecule has 0 bridgehead atoms. The molecular formula is C27H27BrFN3O6S. The Bertz CT molecular complexity index is 1450. The van der Waals surface area contributed by atoms with Crippen LogP contribution in [0.3, 0.4) is 0 Å². The van der Waals surface area contributed by atoms with Gasteiger partial charge in [-0.05, 0) is 61.0 Å². The number of nitrogens with zero attached hydrogens (tertiary/aromatic N) is 2. The van der Waals surface area contributed by atoms with Gasteiger partial charge in [-0.3, -0.25) is 13.9 Å². The normalized spacial score (nSPS) is 13.3. The van der Waals surface area contributed by atoms with Crippen LogP contribution in [0.5, 0.6) is 11.5 Å². The molecule has 0 saturated heterocycles. The third-order valence-electron chi connectivity index (χ3n) is 6.17. The molecule has 1 aliphatic rings. The molecule has 39 heavy (non-hydrogen) atoms. The van der Waals surface area contributed by atoms with Crippen LogP contribution in [0.1, 0.15) is 12.5 Å². The van der Waals surface area contributed by atoms with E-state index in [1.807, 2.05) is 0 Å². The lowest BCUT2D eigenvalue weighted by molar-refractivity contribution is -0.139. The second-order valence-electron chi connectivity index (χ2n) is 8.73. The summed E-state index contributed by atoms with van der Waals surface area (Å²) in [4.78, 5) is 27.5. The van der Waals surface area contributed by atoms with Crippen LogP contribution in [0.25, 0.3) is 0 Å². The number of hydrogen-bond acceptors (Lipinski definition) is 6. The van der Waals surface area contributed by atoms with Gasteiger partial charge in [-0.1, -0.05) is 28.1 Å². The largest absolute Gasteiger partial charge is 0.486 e. The molecule has 2 amide bonds. The number of carbonyl (C=O) groups excluding carboxylic acids is 2. The summed E-state index contributed by atoms with van der Waals surface area (Å²) in [7, 11) is -2.88. The van der Waals surface area contributed by atoms with Gasteiger partial charge in [-0.25, -0.2) is 12.8 Å². The smallest absolute Gasteiger partial charge is 0.264 e. The number of likely N-dealkylation sites (N-methyl/N-ethyl adjacent to an activating group) is 1. The van der Waals surface area contributed by atoms with Crippen molar-refractivity contribution in [3.8, 4) is 11.5 Å². The molecule has 12 heteroatoms. The van der Waals surface area contributed by atoms with Crippen LogP contribution in [-0.4, -0.2) is 58.0 Å². The second kappa shape index (κ2) is 12.0. The van der Waals surface area contributed by atoms with E-state index in [1.54, 1.807) is 31.2 Å². The molecule has 0 aromatic heterocycles. The Kier molecular flexibility index (Phi) is 8.76. The number of halogens is 2. The fraction of sp³-hybridized carbons (Fsp3) is 0.259. The van der Waals surface area contributed by atoms with E-state index < -0.39 is 40.2 Å². The minimum Gasteiger partial charge on any atom is -0.486 e. The van der Waals surface area contributed by atoms with Crippen LogP contribution in [0.2, 0.25) is 0 Å². The van der Waals surface area contributed by atoms with E-state index in [9.17, 15) is 22.4 Å². The fourth-order valence-corrected chi connectivity index (χ4v) is 5.72. The number of rotatable bonds is 9. The number of carbonyl (C=O) groups is 2. The number of hydrogen-bond donors (Lipinski definition) is 1. The van der Waals surface area contributed by atoms with E-state index in [0.717, 1.165) is 26.5 Å². The number of nitrogens with one attached hydrogen (secondary N) is 1. The quantitative estimate of drug-likeness (QED) is 0.391. The highest BCUT2D eigenvalue weighted by Crippen LogP contribution is 2.34. The minimum atomic E-state index is -4.34. The Balaban J connectivity index is 1.72. The number of benzene rings is 3. The molecule has 9 nitrogen and oxygen atoms in total. The highest BCUT2D eigenvalue weighted by atomic mass is 79.9. The van der Waals surface area contributed by atoms with Gasteiger partial charge in [0.1, 0.15) is 31.6 Å². The van der Waals surface area contributed by atoms with Crippen molar-refractivity contribution in [1.29, 1.82) is 0 Å². The summed E-state index contributed by atoms with van der Waals surface area (Å²) < 4.78 is 54.3. The molecule has 0 unspecified atom stereocenters. The first kappa shape index (κ1) is 28.4. The summed E-state index contributed by atoms with van der Waals surface area (Å²) in [5, 5.41) is 2.53. The predicted molar refractivity (Wildman–Crippen MR) is 147 cm³/mol. The van der Waals surface area contributed by atoms with E-state index in [0.29, 0.717) is 12.4 Å². The first-order chi connectivity index (χ1) is 18.6. The Morgan fingerprint density at radius 2 is 1.64 bits per heavy atom. The zero-order valence-corrected chi connectivity index (χ0v) is 23.7. The van der Waals surface area contributed by atoms with Crippen LogP contribution >= 0.6 is 15.9 Å². The van der Waals surface area contributed by atoms with Crippen molar-refractivity contribution in [2.24, 2.45) is 0 Å². The van der Waals surface area contributed by atoms with Crippen LogP contribution in [0.15, 0.2) is 76.1 Å². The van der Waals surface area contributed by atoms with E-state index >= 15 is 0 Å². The molecule has 1 atom stereocenters. The highest BCUT2D eigenvalue weighted by Gasteiger charge is 2.33. The van der Waals surface area contributed by atoms with Crippen molar-refractivity contribution >= 4 is 43.5 Å². The summed E-state index contributed by atoms with van der Waals surface area (Å²) in [5.74, 6) is -0.933.